The van der Waals surface area contributed by atoms with E-state index in [-0.39, 0.29) is 5.57 Å². The summed E-state index contributed by atoms with van der Waals surface area (Å²) in [6.07, 6.45) is 1.64. The van der Waals surface area contributed by atoms with Gasteiger partial charge >= 0.3 is 5.97 Å². The predicted molar refractivity (Wildman–Crippen MR) is 59.6 cm³/mol. The molecule has 0 fully saturated rings. The Bertz CT molecular complexity index is 396. The van der Waals surface area contributed by atoms with Crippen molar-refractivity contribution in [2.24, 2.45) is 0 Å². The molecular formula is C12H14O4. The van der Waals surface area contributed by atoms with Crippen molar-refractivity contribution in [1.29, 1.82) is 0 Å². The van der Waals surface area contributed by atoms with Gasteiger partial charge in [0.1, 0.15) is 6.26 Å². The lowest BCUT2D eigenvalue weighted by atomic mass is 10.2. The maximum Gasteiger partial charge on any atom is 0.334 e. The zero-order chi connectivity index (χ0) is 12.0. The maximum absolute atomic E-state index is 10.7. The second-order valence-electron chi connectivity index (χ2n) is 3.07. The molecule has 4 nitrogen and oxygen atoms in total. The van der Waals surface area contributed by atoms with Crippen LogP contribution in [0.25, 0.3) is 0 Å². The number of methoxy groups -OCH3 is 1. The van der Waals surface area contributed by atoms with E-state index in [1.54, 1.807) is 25.1 Å². The van der Waals surface area contributed by atoms with Crippen LogP contribution in [0.15, 0.2) is 36.1 Å². The molecule has 0 aliphatic carbocycles. The standard InChI is InChI=1S/C12H14O4/c1-3-9(12(13)14)8-16-11-7-5-4-6-10(11)15-2/h4-8H,3H2,1-2H3,(H,13,14)/b9-8+. The van der Waals surface area contributed by atoms with Crippen molar-refractivity contribution in [3.05, 3.63) is 36.1 Å². The molecule has 0 unspecified atom stereocenters. The van der Waals surface area contributed by atoms with E-state index in [4.69, 9.17) is 14.6 Å². The molecule has 1 aromatic carbocycles. The van der Waals surface area contributed by atoms with Gasteiger partial charge in [0.2, 0.25) is 0 Å². The van der Waals surface area contributed by atoms with Gasteiger partial charge in [-0.1, -0.05) is 19.1 Å². The number of carboxylic acid groups (broad SMARTS) is 1. The van der Waals surface area contributed by atoms with E-state index < -0.39 is 5.97 Å². The van der Waals surface area contributed by atoms with Crippen LogP contribution in [0.1, 0.15) is 13.3 Å². The number of rotatable bonds is 5. The highest BCUT2D eigenvalue weighted by molar-refractivity contribution is 5.86. The summed E-state index contributed by atoms with van der Waals surface area (Å²) < 4.78 is 10.3. The molecule has 1 rings (SSSR count). The summed E-state index contributed by atoms with van der Waals surface area (Å²) in [5.41, 5.74) is 0.214. The number of para-hydroxylation sites is 2. The number of carboxylic acids is 1. The summed E-state index contributed by atoms with van der Waals surface area (Å²) in [6.45, 7) is 1.76. The molecule has 0 saturated carbocycles. The van der Waals surface area contributed by atoms with E-state index in [1.807, 2.05) is 6.07 Å². The Kier molecular flexibility index (Phi) is 4.39. The topological polar surface area (TPSA) is 55.8 Å². The van der Waals surface area contributed by atoms with Crippen molar-refractivity contribution in [2.75, 3.05) is 7.11 Å². The number of hydrogen-bond donors (Lipinski definition) is 1. The highest BCUT2D eigenvalue weighted by Gasteiger charge is 2.06. The van der Waals surface area contributed by atoms with E-state index in [0.717, 1.165) is 0 Å². The summed E-state index contributed by atoms with van der Waals surface area (Å²) in [5.74, 6) is 0.0918. The Balaban J connectivity index is 2.84. The fourth-order valence-corrected chi connectivity index (χ4v) is 1.14. The number of ether oxygens (including phenoxy) is 2. The van der Waals surface area contributed by atoms with Crippen LogP contribution in [0.3, 0.4) is 0 Å². The first kappa shape index (κ1) is 12.1. The van der Waals surface area contributed by atoms with Crippen LogP contribution in [0.4, 0.5) is 0 Å². The van der Waals surface area contributed by atoms with Crippen LogP contribution in [0, 0.1) is 0 Å². The van der Waals surface area contributed by atoms with E-state index in [2.05, 4.69) is 0 Å². The summed E-state index contributed by atoms with van der Waals surface area (Å²) in [6, 6.07) is 7.06. The van der Waals surface area contributed by atoms with Gasteiger partial charge in [-0.25, -0.2) is 4.79 Å². The molecule has 0 spiro atoms. The summed E-state index contributed by atoms with van der Waals surface area (Å²) in [4.78, 5) is 10.7. The second kappa shape index (κ2) is 5.80. The lowest BCUT2D eigenvalue weighted by Gasteiger charge is -2.07. The van der Waals surface area contributed by atoms with Crippen molar-refractivity contribution in [3.63, 3.8) is 0 Å². The lowest BCUT2D eigenvalue weighted by Crippen LogP contribution is -2.01. The Morgan fingerprint density at radius 3 is 2.50 bits per heavy atom. The molecule has 0 heterocycles. The molecule has 0 saturated heterocycles. The SMILES string of the molecule is CC/C(=C\Oc1ccccc1OC)C(=O)O. The largest absolute Gasteiger partial charge is 0.493 e. The van der Waals surface area contributed by atoms with Gasteiger partial charge in [0, 0.05) is 0 Å². The third-order valence-electron chi connectivity index (χ3n) is 2.05. The van der Waals surface area contributed by atoms with Crippen molar-refractivity contribution in [2.45, 2.75) is 13.3 Å². The fourth-order valence-electron chi connectivity index (χ4n) is 1.14. The summed E-state index contributed by atoms with van der Waals surface area (Å²) >= 11 is 0. The van der Waals surface area contributed by atoms with Crippen molar-refractivity contribution < 1.29 is 19.4 Å². The number of carbonyl (C=O) groups is 1. The Morgan fingerprint density at radius 1 is 1.38 bits per heavy atom. The van der Waals surface area contributed by atoms with E-state index in [1.165, 1.54) is 13.4 Å². The van der Waals surface area contributed by atoms with E-state index in [9.17, 15) is 4.79 Å². The molecule has 86 valence electrons. The molecule has 0 bridgehead atoms. The quantitative estimate of drug-likeness (QED) is 0.614. The molecule has 16 heavy (non-hydrogen) atoms. The summed E-state index contributed by atoms with van der Waals surface area (Å²) in [7, 11) is 1.53. The van der Waals surface area contributed by atoms with Gasteiger partial charge < -0.3 is 14.6 Å². The van der Waals surface area contributed by atoms with Gasteiger partial charge in [0.05, 0.1) is 12.7 Å². The van der Waals surface area contributed by atoms with E-state index in [0.29, 0.717) is 17.9 Å². The Hall–Kier alpha value is -1.97. The van der Waals surface area contributed by atoms with Crippen molar-refractivity contribution >= 4 is 5.97 Å². The molecule has 1 aromatic rings. The summed E-state index contributed by atoms with van der Waals surface area (Å²) in [5, 5.41) is 8.80. The molecule has 0 atom stereocenters. The Labute approximate surface area is 94.1 Å². The predicted octanol–water partition coefficient (Wildman–Crippen LogP) is 2.45. The maximum atomic E-state index is 10.7. The monoisotopic (exact) mass is 222 g/mol. The van der Waals surface area contributed by atoms with Crippen molar-refractivity contribution in [1.82, 2.24) is 0 Å². The van der Waals surface area contributed by atoms with Crippen LogP contribution in [-0.4, -0.2) is 18.2 Å². The minimum Gasteiger partial charge on any atom is -0.493 e. The smallest absolute Gasteiger partial charge is 0.334 e. The first-order valence-electron chi connectivity index (χ1n) is 4.91. The molecule has 0 amide bonds. The average Bonchev–Trinajstić information content (AvgIpc) is 2.30. The minimum atomic E-state index is -0.975. The normalized spacial score (nSPS) is 11.0. The Morgan fingerprint density at radius 2 is 2.00 bits per heavy atom. The zero-order valence-corrected chi connectivity index (χ0v) is 9.27. The van der Waals surface area contributed by atoms with Crippen LogP contribution in [0.2, 0.25) is 0 Å². The average molecular weight is 222 g/mol. The van der Waals surface area contributed by atoms with Crippen LogP contribution in [0.5, 0.6) is 11.5 Å². The van der Waals surface area contributed by atoms with Gasteiger partial charge in [0.15, 0.2) is 11.5 Å². The number of benzene rings is 1. The number of hydrogen-bond acceptors (Lipinski definition) is 3. The van der Waals surface area contributed by atoms with Gasteiger partial charge in [-0.2, -0.15) is 0 Å². The third kappa shape index (κ3) is 3.02. The second-order valence-corrected chi connectivity index (χ2v) is 3.07. The van der Waals surface area contributed by atoms with Crippen LogP contribution in [-0.2, 0) is 4.79 Å². The fraction of sp³-hybridized carbons (Fsp3) is 0.250. The minimum absolute atomic E-state index is 0.214. The lowest BCUT2D eigenvalue weighted by molar-refractivity contribution is -0.132. The van der Waals surface area contributed by atoms with Gasteiger partial charge in [0.25, 0.3) is 0 Å². The zero-order valence-electron chi connectivity index (χ0n) is 9.27. The van der Waals surface area contributed by atoms with Gasteiger partial charge in [-0.3, -0.25) is 0 Å². The molecule has 0 aliphatic heterocycles. The van der Waals surface area contributed by atoms with Crippen LogP contribution < -0.4 is 9.47 Å². The highest BCUT2D eigenvalue weighted by atomic mass is 16.5. The van der Waals surface area contributed by atoms with Gasteiger partial charge in [-0.05, 0) is 18.6 Å². The van der Waals surface area contributed by atoms with Gasteiger partial charge in [-0.15, -0.1) is 0 Å². The molecule has 0 radical (unpaired) electrons. The molecule has 0 aliphatic rings. The van der Waals surface area contributed by atoms with Crippen molar-refractivity contribution in [3.8, 4) is 11.5 Å². The van der Waals surface area contributed by atoms with E-state index >= 15 is 0 Å². The molecular weight excluding hydrogens is 208 g/mol. The van der Waals surface area contributed by atoms with Crippen LogP contribution >= 0.6 is 0 Å². The first-order valence-corrected chi connectivity index (χ1v) is 4.91. The third-order valence-corrected chi connectivity index (χ3v) is 2.05. The first-order chi connectivity index (χ1) is 7.69. The highest BCUT2D eigenvalue weighted by Crippen LogP contribution is 2.26. The number of aliphatic carboxylic acids is 1. The molecule has 1 N–H and O–H groups in total. The molecule has 0 aromatic heterocycles. The molecule has 4 heteroatoms.